The number of rotatable bonds is 9. The molecular weight excluding hydrogens is 416 g/mol. The Morgan fingerprint density at radius 3 is 2.88 bits per heavy atom. The number of nitrogens with one attached hydrogen (secondary N) is 2. The summed E-state index contributed by atoms with van der Waals surface area (Å²) >= 11 is 0. The molecule has 2 atom stereocenters. The second-order valence-electron chi connectivity index (χ2n) is 8.54. The summed E-state index contributed by atoms with van der Waals surface area (Å²) in [4.78, 5) is 21.9. The third-order valence-electron chi connectivity index (χ3n) is 6.06. The number of hydrogen-bond donors (Lipinski definition) is 2. The highest BCUT2D eigenvalue weighted by atomic mass is 16.5. The third kappa shape index (κ3) is 5.99. The average Bonchev–Trinajstić information content (AvgIpc) is 3.22. The first-order chi connectivity index (χ1) is 16.1. The zero-order valence-electron chi connectivity index (χ0n) is 19.3. The van der Waals surface area contributed by atoms with Gasteiger partial charge in [0.1, 0.15) is 11.5 Å². The van der Waals surface area contributed by atoms with Gasteiger partial charge in [-0.2, -0.15) is 0 Å². The van der Waals surface area contributed by atoms with Gasteiger partial charge in [0.25, 0.3) is 0 Å². The van der Waals surface area contributed by atoms with Crippen LogP contribution in [0.4, 0.5) is 0 Å². The molecule has 1 aliphatic rings. The van der Waals surface area contributed by atoms with Gasteiger partial charge in [0.15, 0.2) is 0 Å². The summed E-state index contributed by atoms with van der Waals surface area (Å²) in [6, 6.07) is 11.7. The fourth-order valence-electron chi connectivity index (χ4n) is 4.21. The van der Waals surface area contributed by atoms with Crippen molar-refractivity contribution in [2.75, 3.05) is 19.7 Å². The number of carbonyl (C=O) groups excluding carboxylic acids is 1. The summed E-state index contributed by atoms with van der Waals surface area (Å²) in [6.07, 6.45) is 6.00. The first-order valence-corrected chi connectivity index (χ1v) is 11.7. The molecule has 2 N–H and O–H groups in total. The van der Waals surface area contributed by atoms with Crippen LogP contribution in [0.15, 0.2) is 53.2 Å². The Morgan fingerprint density at radius 2 is 2.12 bits per heavy atom. The van der Waals surface area contributed by atoms with E-state index in [-0.39, 0.29) is 17.7 Å². The largest absolute Gasteiger partial charge is 0.494 e. The Balaban J connectivity index is 1.41. The van der Waals surface area contributed by atoms with Crippen LogP contribution in [-0.2, 0) is 17.8 Å². The summed E-state index contributed by atoms with van der Waals surface area (Å²) in [5.41, 5.74) is 2.83. The highest BCUT2D eigenvalue weighted by molar-refractivity contribution is 5.79. The maximum absolute atomic E-state index is 13.0. The minimum absolute atomic E-state index is 0.0579. The summed E-state index contributed by atoms with van der Waals surface area (Å²) in [6.45, 7) is 6.86. The Bertz CT molecular complexity index is 1030. The van der Waals surface area contributed by atoms with E-state index in [4.69, 9.17) is 14.1 Å². The molecular formula is C26H32N4O3. The topological polar surface area (TPSA) is 89.3 Å². The minimum Gasteiger partial charge on any atom is -0.494 e. The van der Waals surface area contributed by atoms with Crippen molar-refractivity contribution in [3.05, 3.63) is 65.8 Å². The SMILES string of the molecule is CCCOc1ccc(-c2nc(CC3CNCCC3C(=O)NCc3cccnc3)c(C)o2)cc1. The van der Waals surface area contributed by atoms with Gasteiger partial charge >= 0.3 is 0 Å². The van der Waals surface area contributed by atoms with Gasteiger partial charge in [-0.25, -0.2) is 4.98 Å². The van der Waals surface area contributed by atoms with Gasteiger partial charge in [-0.15, -0.1) is 0 Å². The van der Waals surface area contributed by atoms with Crippen LogP contribution < -0.4 is 15.4 Å². The van der Waals surface area contributed by atoms with Gasteiger partial charge in [0.05, 0.1) is 12.3 Å². The van der Waals surface area contributed by atoms with Crippen LogP contribution in [-0.4, -0.2) is 35.6 Å². The molecule has 7 nitrogen and oxygen atoms in total. The van der Waals surface area contributed by atoms with Crippen molar-refractivity contribution >= 4 is 5.91 Å². The number of hydrogen-bond acceptors (Lipinski definition) is 6. The number of carbonyl (C=O) groups is 1. The smallest absolute Gasteiger partial charge is 0.226 e. The van der Waals surface area contributed by atoms with Crippen molar-refractivity contribution < 1.29 is 13.9 Å². The number of amides is 1. The lowest BCUT2D eigenvalue weighted by atomic mass is 9.82. The van der Waals surface area contributed by atoms with Crippen LogP contribution in [0.2, 0.25) is 0 Å². The van der Waals surface area contributed by atoms with Crippen LogP contribution in [0.3, 0.4) is 0 Å². The minimum atomic E-state index is -0.0579. The Kier molecular flexibility index (Phi) is 7.73. The molecule has 2 unspecified atom stereocenters. The fraction of sp³-hybridized carbons (Fsp3) is 0.423. The normalized spacial score (nSPS) is 18.1. The summed E-state index contributed by atoms with van der Waals surface area (Å²) in [7, 11) is 0. The summed E-state index contributed by atoms with van der Waals surface area (Å²) in [5.74, 6) is 2.45. The van der Waals surface area contributed by atoms with Crippen molar-refractivity contribution in [1.29, 1.82) is 0 Å². The molecule has 0 saturated carbocycles. The highest BCUT2D eigenvalue weighted by Gasteiger charge is 2.32. The molecule has 1 amide bonds. The first-order valence-electron chi connectivity index (χ1n) is 11.7. The molecule has 1 aliphatic heterocycles. The molecule has 0 spiro atoms. The van der Waals surface area contributed by atoms with Crippen LogP contribution >= 0.6 is 0 Å². The second-order valence-corrected chi connectivity index (χ2v) is 8.54. The lowest BCUT2D eigenvalue weighted by Gasteiger charge is -2.31. The van der Waals surface area contributed by atoms with E-state index in [2.05, 4.69) is 22.5 Å². The predicted molar refractivity (Wildman–Crippen MR) is 127 cm³/mol. The van der Waals surface area contributed by atoms with E-state index >= 15 is 0 Å². The van der Waals surface area contributed by atoms with E-state index in [9.17, 15) is 4.79 Å². The van der Waals surface area contributed by atoms with Crippen molar-refractivity contribution in [2.45, 2.75) is 39.7 Å². The molecule has 7 heteroatoms. The quantitative estimate of drug-likeness (QED) is 0.516. The Labute approximate surface area is 195 Å². The van der Waals surface area contributed by atoms with Crippen LogP contribution in [0.5, 0.6) is 5.75 Å². The van der Waals surface area contributed by atoms with Crippen molar-refractivity contribution in [2.24, 2.45) is 11.8 Å². The number of benzene rings is 1. The zero-order chi connectivity index (χ0) is 23.0. The van der Waals surface area contributed by atoms with Crippen LogP contribution in [0, 0.1) is 18.8 Å². The van der Waals surface area contributed by atoms with Gasteiger partial charge in [-0.1, -0.05) is 13.0 Å². The molecule has 0 bridgehead atoms. The maximum atomic E-state index is 13.0. The maximum Gasteiger partial charge on any atom is 0.226 e. The van der Waals surface area contributed by atoms with Gasteiger partial charge in [0, 0.05) is 30.4 Å². The number of aromatic nitrogens is 2. The average molecular weight is 449 g/mol. The van der Waals surface area contributed by atoms with E-state index in [1.165, 1.54) is 0 Å². The van der Waals surface area contributed by atoms with E-state index in [0.717, 1.165) is 54.3 Å². The summed E-state index contributed by atoms with van der Waals surface area (Å²) in [5, 5.41) is 6.52. The molecule has 3 aromatic rings. The molecule has 33 heavy (non-hydrogen) atoms. The van der Waals surface area contributed by atoms with Crippen molar-refractivity contribution in [1.82, 2.24) is 20.6 Å². The van der Waals surface area contributed by atoms with Crippen molar-refractivity contribution in [3.8, 4) is 17.2 Å². The number of nitrogens with zero attached hydrogens (tertiary/aromatic N) is 2. The molecule has 3 heterocycles. The highest BCUT2D eigenvalue weighted by Crippen LogP contribution is 2.28. The molecule has 174 valence electrons. The number of ether oxygens (including phenoxy) is 1. The molecule has 1 aromatic carbocycles. The standard InChI is InChI=1S/C26H32N4O3/c1-3-13-32-22-8-6-20(7-9-22)26-30-24(18(2)33-26)14-21-17-28-12-10-23(21)25(31)29-16-19-5-4-11-27-15-19/h4-9,11,15,21,23,28H,3,10,12-14,16-17H2,1-2H3,(H,29,31). The monoisotopic (exact) mass is 448 g/mol. The van der Waals surface area contributed by atoms with E-state index in [0.29, 0.717) is 25.5 Å². The molecule has 1 saturated heterocycles. The van der Waals surface area contributed by atoms with Gasteiger partial charge in [-0.3, -0.25) is 9.78 Å². The summed E-state index contributed by atoms with van der Waals surface area (Å²) < 4.78 is 11.6. The van der Waals surface area contributed by atoms with Crippen molar-refractivity contribution in [3.63, 3.8) is 0 Å². The van der Waals surface area contributed by atoms with Gasteiger partial charge < -0.3 is 19.8 Å². The third-order valence-corrected chi connectivity index (χ3v) is 6.06. The second kappa shape index (κ2) is 11.1. The molecule has 4 rings (SSSR count). The van der Waals surface area contributed by atoms with E-state index < -0.39 is 0 Å². The van der Waals surface area contributed by atoms with E-state index in [1.807, 2.05) is 43.3 Å². The van der Waals surface area contributed by atoms with Crippen LogP contribution in [0.1, 0.15) is 36.8 Å². The Hall–Kier alpha value is -3.19. The van der Waals surface area contributed by atoms with Gasteiger partial charge in [0.2, 0.25) is 11.8 Å². The lowest BCUT2D eigenvalue weighted by Crippen LogP contribution is -2.45. The number of piperidine rings is 1. The van der Waals surface area contributed by atoms with Gasteiger partial charge in [-0.05, 0) is 81.1 Å². The number of pyridine rings is 1. The lowest BCUT2D eigenvalue weighted by molar-refractivity contribution is -0.127. The molecule has 0 radical (unpaired) electrons. The molecule has 0 aliphatic carbocycles. The first kappa shape index (κ1) is 23.0. The Morgan fingerprint density at radius 1 is 1.27 bits per heavy atom. The molecule has 2 aromatic heterocycles. The molecule has 1 fully saturated rings. The van der Waals surface area contributed by atoms with E-state index in [1.54, 1.807) is 12.4 Å². The zero-order valence-corrected chi connectivity index (χ0v) is 19.3. The van der Waals surface area contributed by atoms with Crippen LogP contribution in [0.25, 0.3) is 11.5 Å². The fourth-order valence-corrected chi connectivity index (χ4v) is 4.21. The number of oxazole rings is 1. The number of aryl methyl sites for hydroxylation is 1. The predicted octanol–water partition coefficient (Wildman–Crippen LogP) is 3.92.